The van der Waals surface area contributed by atoms with E-state index in [4.69, 9.17) is 11.6 Å². The molecular weight excluding hydrogens is 490 g/mol. The van der Waals surface area contributed by atoms with Crippen molar-refractivity contribution in [1.29, 1.82) is 0 Å². The molecule has 0 aliphatic carbocycles. The van der Waals surface area contributed by atoms with Crippen LogP contribution in [0.4, 0.5) is 25.0 Å². The first-order chi connectivity index (χ1) is 17.4. The van der Waals surface area contributed by atoms with Gasteiger partial charge in [0.05, 0.1) is 45.4 Å². The normalized spacial score (nSPS) is 10.9. The van der Waals surface area contributed by atoms with Gasteiger partial charge in [-0.1, -0.05) is 17.7 Å². The third kappa shape index (κ3) is 4.62. The van der Waals surface area contributed by atoms with Crippen LogP contribution < -0.4 is 10.6 Å². The number of rotatable bonds is 5. The third-order valence-corrected chi connectivity index (χ3v) is 5.56. The monoisotopic (exact) mass is 504 g/mol. The number of anilines is 2. The van der Waals surface area contributed by atoms with E-state index in [1.54, 1.807) is 24.7 Å². The lowest BCUT2D eigenvalue weighted by Crippen LogP contribution is -2.21. The molecule has 2 heterocycles. The molecule has 0 spiro atoms. The molecule has 11 heteroatoms. The average Bonchev–Trinajstić information content (AvgIpc) is 3.40. The minimum Gasteiger partial charge on any atom is -0.308 e. The number of hydrogen-bond donors (Lipinski definition) is 3. The number of nitrogens with one attached hydrogen (secondary N) is 3. The van der Waals surface area contributed by atoms with E-state index >= 15 is 4.39 Å². The van der Waals surface area contributed by atoms with E-state index in [0.29, 0.717) is 22.3 Å². The number of ketones is 1. The lowest BCUT2D eigenvalue weighted by Gasteiger charge is -2.12. The first-order valence-electron chi connectivity index (χ1n) is 10.5. The van der Waals surface area contributed by atoms with Crippen LogP contribution in [-0.2, 0) is 0 Å². The Morgan fingerprint density at radius 2 is 1.81 bits per heavy atom. The van der Waals surface area contributed by atoms with Gasteiger partial charge in [-0.05, 0) is 48.5 Å². The lowest BCUT2D eigenvalue weighted by molar-refractivity contribution is 0.103. The maximum Gasteiger partial charge on any atom is 0.323 e. The Morgan fingerprint density at radius 1 is 0.944 bits per heavy atom. The number of carbonyl (C=O) groups is 2. The van der Waals surface area contributed by atoms with Crippen molar-refractivity contribution in [2.75, 3.05) is 10.6 Å². The van der Waals surface area contributed by atoms with Crippen LogP contribution in [0.25, 0.3) is 22.3 Å². The lowest BCUT2D eigenvalue weighted by atomic mass is 10.0. The van der Waals surface area contributed by atoms with Gasteiger partial charge in [-0.15, -0.1) is 0 Å². The zero-order chi connectivity index (χ0) is 25.2. The Morgan fingerprint density at radius 3 is 2.58 bits per heavy atom. The van der Waals surface area contributed by atoms with Gasteiger partial charge in [-0.3, -0.25) is 14.9 Å². The molecule has 3 N–H and O–H groups in total. The van der Waals surface area contributed by atoms with Crippen molar-refractivity contribution in [1.82, 2.24) is 20.2 Å². The van der Waals surface area contributed by atoms with Crippen LogP contribution >= 0.6 is 11.6 Å². The fraction of sp³-hybridized carbons (Fsp3) is 0. The first kappa shape index (κ1) is 23.1. The van der Waals surface area contributed by atoms with Crippen LogP contribution in [0.5, 0.6) is 0 Å². The molecule has 0 bridgehead atoms. The number of aromatic nitrogens is 4. The highest BCUT2D eigenvalue weighted by Crippen LogP contribution is 2.29. The summed E-state index contributed by atoms with van der Waals surface area (Å²) in [7, 11) is 0. The summed E-state index contributed by atoms with van der Waals surface area (Å²) in [5.41, 5.74) is 1.81. The standard InChI is InChI=1S/C25H15ClF2N6O2/c26-17-5-7-19(34-25(36)32-16-3-1-2-15(27)9-16)23(28)22(17)24(35)13-4-6-18-20(8-13)33-21(12-29-18)14-10-30-31-11-14/h1-12H,(H,30,31)(H2,32,34,36). The predicted molar refractivity (Wildman–Crippen MR) is 131 cm³/mol. The van der Waals surface area contributed by atoms with Gasteiger partial charge in [0.1, 0.15) is 5.82 Å². The summed E-state index contributed by atoms with van der Waals surface area (Å²) >= 11 is 6.17. The van der Waals surface area contributed by atoms with Crippen LogP contribution in [0.15, 0.2) is 73.2 Å². The van der Waals surface area contributed by atoms with Crippen molar-refractivity contribution < 1.29 is 18.4 Å². The minimum absolute atomic E-state index is 0.128. The van der Waals surface area contributed by atoms with Crippen LogP contribution in [0.1, 0.15) is 15.9 Å². The molecule has 3 aromatic carbocycles. The fourth-order valence-electron chi connectivity index (χ4n) is 3.54. The van der Waals surface area contributed by atoms with Crippen LogP contribution in [0.3, 0.4) is 0 Å². The fourth-order valence-corrected chi connectivity index (χ4v) is 3.77. The molecule has 0 saturated heterocycles. The van der Waals surface area contributed by atoms with Gasteiger partial charge in [0.2, 0.25) is 0 Å². The van der Waals surface area contributed by atoms with E-state index in [1.165, 1.54) is 42.5 Å². The molecule has 0 radical (unpaired) electrons. The van der Waals surface area contributed by atoms with Crippen LogP contribution in [0, 0.1) is 11.6 Å². The van der Waals surface area contributed by atoms with Crippen molar-refractivity contribution in [3.05, 3.63) is 101 Å². The average molecular weight is 505 g/mol. The summed E-state index contributed by atoms with van der Waals surface area (Å²) in [4.78, 5) is 34.4. The highest BCUT2D eigenvalue weighted by molar-refractivity contribution is 6.35. The van der Waals surface area contributed by atoms with Crippen LogP contribution in [-0.4, -0.2) is 32.0 Å². The predicted octanol–water partition coefficient (Wildman–Crippen LogP) is 5.83. The number of hydrogen-bond acceptors (Lipinski definition) is 5. The largest absolute Gasteiger partial charge is 0.323 e. The summed E-state index contributed by atoms with van der Waals surface area (Å²) in [5, 5.41) is 11.2. The molecule has 0 atom stereocenters. The van der Waals surface area contributed by atoms with E-state index in [9.17, 15) is 14.0 Å². The molecular formula is C25H15ClF2N6O2. The van der Waals surface area contributed by atoms with Gasteiger partial charge < -0.3 is 10.6 Å². The molecule has 36 heavy (non-hydrogen) atoms. The molecule has 8 nitrogen and oxygen atoms in total. The molecule has 0 fully saturated rings. The van der Waals surface area contributed by atoms with Crippen LogP contribution in [0.2, 0.25) is 5.02 Å². The summed E-state index contributed by atoms with van der Waals surface area (Å²) in [5.74, 6) is -2.26. The molecule has 0 aliphatic rings. The van der Waals surface area contributed by atoms with E-state index in [1.807, 2.05) is 0 Å². The maximum absolute atomic E-state index is 15.4. The second-order valence-corrected chi connectivity index (χ2v) is 8.06. The van der Waals surface area contributed by atoms with Crippen molar-refractivity contribution in [2.45, 2.75) is 0 Å². The smallest absolute Gasteiger partial charge is 0.308 e. The summed E-state index contributed by atoms with van der Waals surface area (Å²) in [6.45, 7) is 0. The van der Waals surface area contributed by atoms with E-state index in [-0.39, 0.29) is 22.0 Å². The first-order valence-corrected chi connectivity index (χ1v) is 10.9. The van der Waals surface area contributed by atoms with Gasteiger partial charge in [-0.25, -0.2) is 18.6 Å². The topological polar surface area (TPSA) is 113 Å². The Bertz CT molecular complexity index is 1630. The summed E-state index contributed by atoms with van der Waals surface area (Å²) in [6.07, 6.45) is 4.82. The van der Waals surface area contributed by atoms with E-state index < -0.39 is 29.0 Å². The zero-order valence-electron chi connectivity index (χ0n) is 18.2. The van der Waals surface area contributed by atoms with Crippen molar-refractivity contribution >= 4 is 45.8 Å². The molecule has 5 rings (SSSR count). The second-order valence-electron chi connectivity index (χ2n) is 7.65. The maximum atomic E-state index is 15.4. The number of carbonyl (C=O) groups excluding carboxylic acids is 2. The minimum atomic E-state index is -1.01. The number of halogens is 3. The number of H-pyrrole nitrogens is 1. The summed E-state index contributed by atoms with van der Waals surface area (Å²) < 4.78 is 28.7. The molecule has 178 valence electrons. The molecule has 0 aliphatic heterocycles. The molecule has 0 unspecified atom stereocenters. The number of benzene rings is 3. The Balaban J connectivity index is 1.44. The third-order valence-electron chi connectivity index (χ3n) is 5.25. The number of urea groups is 1. The highest BCUT2D eigenvalue weighted by atomic mass is 35.5. The van der Waals surface area contributed by atoms with Gasteiger partial charge >= 0.3 is 6.03 Å². The Kier molecular flexibility index (Phi) is 6.09. The molecule has 0 saturated carbocycles. The number of nitrogens with zero attached hydrogens (tertiary/aromatic N) is 3. The number of amides is 2. The summed E-state index contributed by atoms with van der Waals surface area (Å²) in [6, 6.07) is 11.5. The van der Waals surface area contributed by atoms with Gasteiger partial charge in [0.15, 0.2) is 11.6 Å². The Labute approximate surface area is 207 Å². The number of aromatic amines is 1. The molecule has 5 aromatic rings. The van der Waals surface area contributed by atoms with E-state index in [2.05, 4.69) is 30.8 Å². The van der Waals surface area contributed by atoms with Crippen molar-refractivity contribution in [3.63, 3.8) is 0 Å². The molecule has 2 amide bonds. The second kappa shape index (κ2) is 9.51. The van der Waals surface area contributed by atoms with Gasteiger partial charge in [0.25, 0.3) is 0 Å². The van der Waals surface area contributed by atoms with Gasteiger partial charge in [-0.2, -0.15) is 5.10 Å². The quantitative estimate of drug-likeness (QED) is 0.261. The van der Waals surface area contributed by atoms with Crippen molar-refractivity contribution in [3.8, 4) is 11.3 Å². The SMILES string of the molecule is O=C(Nc1cccc(F)c1)Nc1ccc(Cl)c(C(=O)c2ccc3ncc(-c4cn[nH]c4)nc3c2)c1F. The van der Waals surface area contributed by atoms with Crippen molar-refractivity contribution in [2.24, 2.45) is 0 Å². The Hall–Kier alpha value is -4.70. The van der Waals surface area contributed by atoms with Gasteiger partial charge in [0, 0.05) is 23.0 Å². The highest BCUT2D eigenvalue weighted by Gasteiger charge is 2.22. The number of fused-ring (bicyclic) bond motifs is 1. The molecule has 2 aromatic heterocycles. The zero-order valence-corrected chi connectivity index (χ0v) is 19.0. The van der Waals surface area contributed by atoms with E-state index in [0.717, 1.165) is 6.07 Å².